The van der Waals surface area contributed by atoms with Crippen molar-refractivity contribution in [2.24, 2.45) is 5.73 Å². The van der Waals surface area contributed by atoms with Gasteiger partial charge in [-0.25, -0.2) is 0 Å². The summed E-state index contributed by atoms with van der Waals surface area (Å²) in [5.74, 6) is 2.16. The van der Waals surface area contributed by atoms with Gasteiger partial charge in [0.1, 0.15) is 28.3 Å². The molecule has 0 aliphatic rings. The normalized spacial score (nSPS) is 11.8. The van der Waals surface area contributed by atoms with Gasteiger partial charge in [-0.05, 0) is 40.2 Å². The van der Waals surface area contributed by atoms with Gasteiger partial charge in [0.25, 0.3) is 0 Å². The zero-order chi connectivity index (χ0) is 15.2. The van der Waals surface area contributed by atoms with Gasteiger partial charge in [0.15, 0.2) is 0 Å². The van der Waals surface area contributed by atoms with Crippen molar-refractivity contribution in [2.75, 3.05) is 20.8 Å². The molecule has 0 spiro atoms. The molecule has 0 amide bonds. The number of methoxy groups -OCH3 is 2. The highest BCUT2D eigenvalue weighted by Gasteiger charge is 2.18. The molecule has 2 rings (SSSR count). The molecule has 0 fully saturated rings. The fourth-order valence-electron chi connectivity index (χ4n) is 2.00. The summed E-state index contributed by atoms with van der Waals surface area (Å²) in [4.78, 5) is 0. The maximum atomic E-state index is 6.21. The number of nitrogens with two attached hydrogens (primary N) is 1. The van der Waals surface area contributed by atoms with Gasteiger partial charge in [0, 0.05) is 5.56 Å². The van der Waals surface area contributed by atoms with Crippen molar-refractivity contribution in [1.29, 1.82) is 0 Å². The first-order valence-electron chi connectivity index (χ1n) is 6.51. The molecule has 2 aromatic rings. The molecule has 0 heterocycles. The first kappa shape index (κ1) is 15.7. The van der Waals surface area contributed by atoms with Crippen molar-refractivity contribution in [1.82, 2.24) is 0 Å². The zero-order valence-corrected chi connectivity index (χ0v) is 13.6. The van der Waals surface area contributed by atoms with E-state index < -0.39 is 0 Å². The summed E-state index contributed by atoms with van der Waals surface area (Å²) >= 11 is 3.47. The molecule has 4 nitrogen and oxygen atoms in total. The van der Waals surface area contributed by atoms with E-state index in [1.54, 1.807) is 14.2 Å². The SMILES string of the molecule is COc1ccc(C(N)COc2ccccc2)c(OC)c1Br. The maximum absolute atomic E-state index is 6.21. The van der Waals surface area contributed by atoms with E-state index in [0.29, 0.717) is 18.1 Å². The van der Waals surface area contributed by atoms with E-state index >= 15 is 0 Å². The smallest absolute Gasteiger partial charge is 0.141 e. The van der Waals surface area contributed by atoms with Gasteiger partial charge >= 0.3 is 0 Å². The Hall–Kier alpha value is -1.72. The number of hydrogen-bond acceptors (Lipinski definition) is 4. The summed E-state index contributed by atoms with van der Waals surface area (Å²) in [6.07, 6.45) is 0. The molecule has 5 heteroatoms. The van der Waals surface area contributed by atoms with E-state index in [1.807, 2.05) is 42.5 Å². The molecule has 1 unspecified atom stereocenters. The van der Waals surface area contributed by atoms with Crippen molar-refractivity contribution in [3.63, 3.8) is 0 Å². The highest BCUT2D eigenvalue weighted by Crippen LogP contribution is 2.39. The van der Waals surface area contributed by atoms with Crippen LogP contribution in [0.3, 0.4) is 0 Å². The molecule has 0 radical (unpaired) electrons. The van der Waals surface area contributed by atoms with E-state index in [1.165, 1.54) is 0 Å². The third kappa shape index (κ3) is 3.68. The van der Waals surface area contributed by atoms with Crippen LogP contribution < -0.4 is 19.9 Å². The topological polar surface area (TPSA) is 53.7 Å². The summed E-state index contributed by atoms with van der Waals surface area (Å²) in [7, 11) is 3.21. The standard InChI is InChI=1S/C16H18BrNO3/c1-19-14-9-8-12(16(20-2)15(14)17)13(18)10-21-11-6-4-3-5-7-11/h3-9,13H,10,18H2,1-2H3. The number of benzene rings is 2. The van der Waals surface area contributed by atoms with Crippen LogP contribution in [0.5, 0.6) is 17.2 Å². The Labute approximate surface area is 132 Å². The van der Waals surface area contributed by atoms with Crippen molar-refractivity contribution in [3.8, 4) is 17.2 Å². The molecule has 0 saturated heterocycles. The first-order chi connectivity index (χ1) is 10.2. The lowest BCUT2D eigenvalue weighted by molar-refractivity contribution is 0.286. The van der Waals surface area contributed by atoms with Crippen LogP contribution in [0.15, 0.2) is 46.9 Å². The molecule has 112 valence electrons. The second-order valence-corrected chi connectivity index (χ2v) is 5.23. The fraction of sp³-hybridized carbons (Fsp3) is 0.250. The second-order valence-electron chi connectivity index (χ2n) is 4.43. The Balaban J connectivity index is 2.15. The summed E-state index contributed by atoms with van der Waals surface area (Å²) in [6, 6.07) is 13.0. The largest absolute Gasteiger partial charge is 0.495 e. The van der Waals surface area contributed by atoms with Gasteiger partial charge in [-0.2, -0.15) is 0 Å². The number of ether oxygens (including phenoxy) is 3. The fourth-order valence-corrected chi connectivity index (χ4v) is 2.69. The maximum Gasteiger partial charge on any atom is 0.141 e. The molecule has 0 bridgehead atoms. The van der Waals surface area contributed by atoms with Gasteiger partial charge in [0.05, 0.1) is 20.3 Å². The zero-order valence-electron chi connectivity index (χ0n) is 12.0. The molecule has 0 aliphatic heterocycles. The Morgan fingerprint density at radius 3 is 2.38 bits per heavy atom. The number of hydrogen-bond donors (Lipinski definition) is 1. The molecule has 2 N–H and O–H groups in total. The minimum atomic E-state index is -0.303. The summed E-state index contributed by atoms with van der Waals surface area (Å²) in [5, 5.41) is 0. The molecule has 0 saturated carbocycles. The minimum Gasteiger partial charge on any atom is -0.495 e. The van der Waals surface area contributed by atoms with Crippen LogP contribution in [0.2, 0.25) is 0 Å². The van der Waals surface area contributed by atoms with Crippen LogP contribution in [0.25, 0.3) is 0 Å². The molecule has 1 atom stereocenters. The highest BCUT2D eigenvalue weighted by atomic mass is 79.9. The van der Waals surface area contributed by atoms with E-state index in [-0.39, 0.29) is 6.04 Å². The summed E-state index contributed by atoms with van der Waals surface area (Å²) in [5.41, 5.74) is 7.08. The number of para-hydroxylation sites is 1. The lowest BCUT2D eigenvalue weighted by atomic mass is 10.1. The van der Waals surface area contributed by atoms with Crippen molar-refractivity contribution < 1.29 is 14.2 Å². The van der Waals surface area contributed by atoms with Crippen molar-refractivity contribution >= 4 is 15.9 Å². The van der Waals surface area contributed by atoms with Crippen LogP contribution in [0.4, 0.5) is 0 Å². The Kier molecular flexibility index (Phi) is 5.47. The lowest BCUT2D eigenvalue weighted by Gasteiger charge is -2.18. The highest BCUT2D eigenvalue weighted by molar-refractivity contribution is 9.10. The van der Waals surface area contributed by atoms with Crippen molar-refractivity contribution in [3.05, 3.63) is 52.5 Å². The molecule has 0 aromatic heterocycles. The Morgan fingerprint density at radius 2 is 1.76 bits per heavy atom. The van der Waals surface area contributed by atoms with E-state index in [4.69, 9.17) is 19.9 Å². The molecule has 0 aliphatic carbocycles. The molecular formula is C16H18BrNO3. The molecular weight excluding hydrogens is 334 g/mol. The van der Waals surface area contributed by atoms with Gasteiger partial charge < -0.3 is 19.9 Å². The average molecular weight is 352 g/mol. The monoisotopic (exact) mass is 351 g/mol. The predicted molar refractivity (Wildman–Crippen MR) is 86.1 cm³/mol. The summed E-state index contributed by atoms with van der Waals surface area (Å²) < 4.78 is 17.1. The number of rotatable bonds is 6. The van der Waals surface area contributed by atoms with Gasteiger partial charge in [-0.3, -0.25) is 0 Å². The Morgan fingerprint density at radius 1 is 1.05 bits per heavy atom. The van der Waals surface area contributed by atoms with Crippen LogP contribution in [-0.2, 0) is 0 Å². The third-order valence-corrected chi connectivity index (χ3v) is 3.84. The first-order valence-corrected chi connectivity index (χ1v) is 7.30. The van der Waals surface area contributed by atoms with Crippen molar-refractivity contribution in [2.45, 2.75) is 6.04 Å². The Bertz CT molecular complexity index is 590. The minimum absolute atomic E-state index is 0.303. The van der Waals surface area contributed by atoms with E-state index in [9.17, 15) is 0 Å². The molecule has 21 heavy (non-hydrogen) atoms. The van der Waals surface area contributed by atoms with Crippen LogP contribution in [-0.4, -0.2) is 20.8 Å². The number of halogens is 1. The molecule has 2 aromatic carbocycles. The van der Waals surface area contributed by atoms with Gasteiger partial charge in [0.2, 0.25) is 0 Å². The van der Waals surface area contributed by atoms with Crippen LogP contribution in [0.1, 0.15) is 11.6 Å². The average Bonchev–Trinajstić information content (AvgIpc) is 2.53. The van der Waals surface area contributed by atoms with Gasteiger partial charge in [-0.1, -0.05) is 18.2 Å². The summed E-state index contributed by atoms with van der Waals surface area (Å²) in [6.45, 7) is 0.360. The van der Waals surface area contributed by atoms with E-state index in [0.717, 1.165) is 15.8 Å². The quantitative estimate of drug-likeness (QED) is 0.864. The van der Waals surface area contributed by atoms with Crippen LogP contribution in [0, 0.1) is 0 Å². The van der Waals surface area contributed by atoms with E-state index in [2.05, 4.69) is 15.9 Å². The lowest BCUT2D eigenvalue weighted by Crippen LogP contribution is -2.20. The second kappa shape index (κ2) is 7.33. The third-order valence-electron chi connectivity index (χ3n) is 3.09. The van der Waals surface area contributed by atoms with Gasteiger partial charge in [-0.15, -0.1) is 0 Å². The van der Waals surface area contributed by atoms with Crippen LogP contribution >= 0.6 is 15.9 Å². The predicted octanol–water partition coefficient (Wildman–Crippen LogP) is 3.55.